The maximum atomic E-state index is 12.3. The molecule has 2 atom stereocenters. The molecule has 2 aromatic carbocycles. The number of H-pyrrole nitrogens is 1. The number of rotatable bonds is 7. The number of ether oxygens (including phenoxy) is 1. The maximum Gasteiger partial charge on any atom is 0.251 e. The molecule has 0 fully saturated rings. The maximum absolute atomic E-state index is 12.3. The summed E-state index contributed by atoms with van der Waals surface area (Å²) in [6, 6.07) is 14.4. The van der Waals surface area contributed by atoms with E-state index in [0.29, 0.717) is 16.7 Å². The van der Waals surface area contributed by atoms with Crippen LogP contribution < -0.4 is 10.3 Å². The van der Waals surface area contributed by atoms with Crippen molar-refractivity contribution < 1.29 is 4.74 Å². The molecule has 148 valence electrons. The second kappa shape index (κ2) is 8.83. The summed E-state index contributed by atoms with van der Waals surface area (Å²) in [7, 11) is 1.63. The lowest BCUT2D eigenvalue weighted by molar-refractivity contribution is 0.415. The number of aromatic nitrogens is 1. The number of halogens is 1. The van der Waals surface area contributed by atoms with Crippen LogP contribution in [0, 0.1) is 0 Å². The molecular formula is C24H28ClNO2. The van der Waals surface area contributed by atoms with Crippen molar-refractivity contribution in [2.45, 2.75) is 51.9 Å². The second-order valence-electron chi connectivity index (χ2n) is 7.59. The fraction of sp³-hybridized carbons (Fsp3) is 0.375. The van der Waals surface area contributed by atoms with E-state index in [2.05, 4.69) is 37.0 Å². The number of aromatic amines is 1. The van der Waals surface area contributed by atoms with E-state index in [1.165, 1.54) is 5.56 Å². The number of benzene rings is 2. The predicted molar refractivity (Wildman–Crippen MR) is 118 cm³/mol. The summed E-state index contributed by atoms with van der Waals surface area (Å²) in [4.78, 5) is 15.3. The van der Waals surface area contributed by atoms with E-state index in [-0.39, 0.29) is 11.5 Å². The zero-order valence-corrected chi connectivity index (χ0v) is 17.8. The Balaban J connectivity index is 1.72. The molecule has 1 aromatic heterocycles. The Kier molecular flexibility index (Phi) is 6.46. The van der Waals surface area contributed by atoms with Crippen LogP contribution in [0.5, 0.6) is 5.75 Å². The smallest absolute Gasteiger partial charge is 0.251 e. The monoisotopic (exact) mass is 397 g/mol. The third-order valence-electron chi connectivity index (χ3n) is 5.65. The van der Waals surface area contributed by atoms with E-state index in [1.807, 2.05) is 31.2 Å². The molecule has 0 spiro atoms. The SMILES string of the molecule is CCc1ccc([C@H](C)CCC(C)c2ccc3cc(OC)c(Cl)cc3c2)c(=O)[nH]1. The van der Waals surface area contributed by atoms with Crippen molar-refractivity contribution in [3.63, 3.8) is 0 Å². The molecule has 3 nitrogen and oxygen atoms in total. The van der Waals surface area contributed by atoms with Crippen LogP contribution in [-0.4, -0.2) is 12.1 Å². The van der Waals surface area contributed by atoms with Gasteiger partial charge in [-0.15, -0.1) is 0 Å². The minimum Gasteiger partial charge on any atom is -0.495 e. The Morgan fingerprint density at radius 1 is 1.00 bits per heavy atom. The van der Waals surface area contributed by atoms with Crippen molar-refractivity contribution >= 4 is 22.4 Å². The van der Waals surface area contributed by atoms with E-state index in [0.717, 1.165) is 41.3 Å². The molecule has 1 N–H and O–H groups in total. The Morgan fingerprint density at radius 3 is 2.43 bits per heavy atom. The number of pyridine rings is 1. The summed E-state index contributed by atoms with van der Waals surface area (Å²) in [5.74, 6) is 1.33. The molecule has 28 heavy (non-hydrogen) atoms. The minimum atomic E-state index is 0.0498. The van der Waals surface area contributed by atoms with E-state index in [4.69, 9.17) is 16.3 Å². The van der Waals surface area contributed by atoms with Gasteiger partial charge in [-0.05, 0) is 65.6 Å². The highest BCUT2D eigenvalue weighted by Gasteiger charge is 2.14. The average Bonchev–Trinajstić information content (AvgIpc) is 2.70. The van der Waals surface area contributed by atoms with Gasteiger partial charge in [-0.25, -0.2) is 0 Å². The molecule has 0 bridgehead atoms. The van der Waals surface area contributed by atoms with E-state index >= 15 is 0 Å². The first-order valence-electron chi connectivity index (χ1n) is 9.92. The van der Waals surface area contributed by atoms with Crippen LogP contribution in [0.1, 0.15) is 62.3 Å². The third kappa shape index (κ3) is 4.41. The highest BCUT2D eigenvalue weighted by Crippen LogP contribution is 2.33. The number of fused-ring (bicyclic) bond motifs is 1. The van der Waals surface area contributed by atoms with Gasteiger partial charge >= 0.3 is 0 Å². The van der Waals surface area contributed by atoms with Gasteiger partial charge in [0.2, 0.25) is 0 Å². The van der Waals surface area contributed by atoms with Crippen LogP contribution in [0.15, 0.2) is 47.3 Å². The van der Waals surface area contributed by atoms with Gasteiger partial charge in [-0.3, -0.25) is 4.79 Å². The summed E-state index contributed by atoms with van der Waals surface area (Å²) in [6.45, 7) is 6.42. The third-order valence-corrected chi connectivity index (χ3v) is 5.94. The van der Waals surface area contributed by atoms with Crippen molar-refractivity contribution in [2.24, 2.45) is 0 Å². The van der Waals surface area contributed by atoms with Gasteiger partial charge in [-0.1, -0.05) is 56.6 Å². The fourth-order valence-corrected chi connectivity index (χ4v) is 3.92. The van der Waals surface area contributed by atoms with Gasteiger partial charge in [0, 0.05) is 11.3 Å². The van der Waals surface area contributed by atoms with Crippen LogP contribution in [0.4, 0.5) is 0 Å². The summed E-state index contributed by atoms with van der Waals surface area (Å²) < 4.78 is 5.30. The molecule has 4 heteroatoms. The molecule has 3 aromatic rings. The Hall–Kier alpha value is -2.26. The molecule has 1 unspecified atom stereocenters. The van der Waals surface area contributed by atoms with E-state index < -0.39 is 0 Å². The largest absolute Gasteiger partial charge is 0.495 e. The lowest BCUT2D eigenvalue weighted by Gasteiger charge is -2.17. The van der Waals surface area contributed by atoms with Gasteiger partial charge in [0.25, 0.3) is 5.56 Å². The highest BCUT2D eigenvalue weighted by molar-refractivity contribution is 6.32. The van der Waals surface area contributed by atoms with Crippen molar-refractivity contribution in [1.82, 2.24) is 4.98 Å². The zero-order chi connectivity index (χ0) is 20.3. The summed E-state index contributed by atoms with van der Waals surface area (Å²) in [5.41, 5.74) is 3.20. The molecule has 0 aliphatic rings. The Morgan fingerprint density at radius 2 is 1.75 bits per heavy atom. The number of hydrogen-bond acceptors (Lipinski definition) is 2. The average molecular weight is 398 g/mol. The standard InChI is InChI=1S/C24H28ClNO2/c1-5-20-10-11-21(24(27)26-20)16(3)7-6-15(2)17-8-9-18-14-23(28-4)22(25)13-19(18)12-17/h8-16H,5-7H2,1-4H3,(H,26,27)/t15?,16-/m1/s1. The molecule has 0 aliphatic carbocycles. The van der Waals surface area contributed by atoms with Gasteiger partial charge in [0.1, 0.15) is 5.75 Å². The first-order chi connectivity index (χ1) is 13.4. The molecule has 0 saturated heterocycles. The quantitative estimate of drug-likeness (QED) is 0.498. The molecule has 0 amide bonds. The fourth-order valence-electron chi connectivity index (χ4n) is 3.67. The van der Waals surface area contributed by atoms with Gasteiger partial charge in [-0.2, -0.15) is 0 Å². The van der Waals surface area contributed by atoms with Gasteiger partial charge < -0.3 is 9.72 Å². The molecule has 3 rings (SSSR count). The van der Waals surface area contributed by atoms with Crippen LogP contribution in [0.3, 0.4) is 0 Å². The summed E-state index contributed by atoms with van der Waals surface area (Å²) in [5, 5.41) is 2.87. The van der Waals surface area contributed by atoms with Crippen LogP contribution in [-0.2, 0) is 6.42 Å². The van der Waals surface area contributed by atoms with E-state index in [1.54, 1.807) is 7.11 Å². The molecule has 1 heterocycles. The highest BCUT2D eigenvalue weighted by atomic mass is 35.5. The topological polar surface area (TPSA) is 42.1 Å². The van der Waals surface area contributed by atoms with Crippen LogP contribution in [0.25, 0.3) is 10.8 Å². The van der Waals surface area contributed by atoms with E-state index in [9.17, 15) is 4.79 Å². The summed E-state index contributed by atoms with van der Waals surface area (Å²) >= 11 is 6.28. The first kappa shape index (κ1) is 20.5. The van der Waals surface area contributed by atoms with Crippen molar-refractivity contribution in [1.29, 1.82) is 0 Å². The number of aryl methyl sites for hydroxylation is 1. The van der Waals surface area contributed by atoms with Crippen LogP contribution >= 0.6 is 11.6 Å². The molecule has 0 saturated carbocycles. The summed E-state index contributed by atoms with van der Waals surface area (Å²) in [6.07, 6.45) is 2.83. The zero-order valence-electron chi connectivity index (χ0n) is 17.0. The lowest BCUT2D eigenvalue weighted by Crippen LogP contribution is -2.16. The number of methoxy groups -OCH3 is 1. The van der Waals surface area contributed by atoms with Gasteiger partial charge in [0.05, 0.1) is 12.1 Å². The first-order valence-corrected chi connectivity index (χ1v) is 10.3. The van der Waals surface area contributed by atoms with Gasteiger partial charge in [0.15, 0.2) is 0 Å². The predicted octanol–water partition coefficient (Wildman–Crippen LogP) is 6.44. The molecule has 0 aliphatic heterocycles. The van der Waals surface area contributed by atoms with Crippen molar-refractivity contribution in [3.8, 4) is 5.75 Å². The Labute approximate surface area is 171 Å². The lowest BCUT2D eigenvalue weighted by atomic mass is 9.89. The Bertz CT molecular complexity index is 1020. The van der Waals surface area contributed by atoms with Crippen LogP contribution in [0.2, 0.25) is 5.02 Å². The van der Waals surface area contributed by atoms with Crippen molar-refractivity contribution in [3.05, 3.63) is 74.7 Å². The van der Waals surface area contributed by atoms with Crippen molar-refractivity contribution in [2.75, 3.05) is 7.11 Å². The number of hydrogen-bond donors (Lipinski definition) is 1. The minimum absolute atomic E-state index is 0.0498. The second-order valence-corrected chi connectivity index (χ2v) is 8.00. The number of nitrogens with one attached hydrogen (secondary N) is 1. The molecule has 0 radical (unpaired) electrons. The molecular weight excluding hydrogens is 370 g/mol. The normalized spacial score (nSPS) is 13.5.